The molecule has 6 nitrogen and oxygen atoms in total. The SMILES string of the molecule is CCOC(=O)c1nn(CCN(C)C)c2c1CN(Cc1ccccc1)CC2. The van der Waals surface area contributed by atoms with Crippen molar-refractivity contribution in [3.05, 3.63) is 52.8 Å². The molecule has 0 saturated heterocycles. The van der Waals surface area contributed by atoms with E-state index in [4.69, 9.17) is 4.74 Å². The normalized spacial score (nSPS) is 14.5. The lowest BCUT2D eigenvalue weighted by Crippen LogP contribution is -2.31. The summed E-state index contributed by atoms with van der Waals surface area (Å²) in [4.78, 5) is 16.9. The number of likely N-dealkylation sites (N-methyl/N-ethyl adjacent to an activating group) is 1. The van der Waals surface area contributed by atoms with E-state index < -0.39 is 0 Å². The minimum atomic E-state index is -0.311. The van der Waals surface area contributed by atoms with Gasteiger partial charge in [-0.2, -0.15) is 5.10 Å². The van der Waals surface area contributed by atoms with Gasteiger partial charge < -0.3 is 9.64 Å². The Morgan fingerprint density at radius 2 is 2.04 bits per heavy atom. The molecule has 1 aromatic carbocycles. The monoisotopic (exact) mass is 356 g/mol. The van der Waals surface area contributed by atoms with Crippen LogP contribution in [0.15, 0.2) is 30.3 Å². The molecule has 0 spiro atoms. The van der Waals surface area contributed by atoms with Crippen LogP contribution < -0.4 is 0 Å². The molecule has 1 aliphatic rings. The summed E-state index contributed by atoms with van der Waals surface area (Å²) in [5.74, 6) is -0.311. The van der Waals surface area contributed by atoms with Gasteiger partial charge in [-0.1, -0.05) is 30.3 Å². The molecule has 1 aromatic heterocycles. The van der Waals surface area contributed by atoms with E-state index >= 15 is 0 Å². The number of nitrogens with zero attached hydrogens (tertiary/aromatic N) is 4. The van der Waals surface area contributed by atoms with Crippen LogP contribution in [-0.2, 0) is 30.8 Å². The van der Waals surface area contributed by atoms with Crippen LogP contribution in [-0.4, -0.2) is 59.3 Å². The number of esters is 1. The molecule has 2 aromatic rings. The van der Waals surface area contributed by atoms with Crippen molar-refractivity contribution < 1.29 is 9.53 Å². The zero-order valence-corrected chi connectivity index (χ0v) is 15.9. The highest BCUT2D eigenvalue weighted by Gasteiger charge is 2.28. The first kappa shape index (κ1) is 18.6. The van der Waals surface area contributed by atoms with Crippen molar-refractivity contribution in [1.82, 2.24) is 19.6 Å². The summed E-state index contributed by atoms with van der Waals surface area (Å²) in [7, 11) is 4.09. The van der Waals surface area contributed by atoms with Gasteiger partial charge in [0.25, 0.3) is 0 Å². The maximum absolute atomic E-state index is 12.4. The van der Waals surface area contributed by atoms with Crippen LogP contribution in [0, 0.1) is 0 Å². The van der Waals surface area contributed by atoms with Gasteiger partial charge in [-0.25, -0.2) is 4.79 Å². The van der Waals surface area contributed by atoms with Crippen LogP contribution >= 0.6 is 0 Å². The fourth-order valence-electron chi connectivity index (χ4n) is 3.37. The Morgan fingerprint density at radius 3 is 2.73 bits per heavy atom. The van der Waals surface area contributed by atoms with Gasteiger partial charge in [0, 0.05) is 43.9 Å². The minimum absolute atomic E-state index is 0.311. The van der Waals surface area contributed by atoms with E-state index in [0.29, 0.717) is 12.3 Å². The van der Waals surface area contributed by atoms with Gasteiger partial charge in [-0.05, 0) is 26.6 Å². The Labute approximate surface area is 155 Å². The molecule has 0 N–H and O–H groups in total. The van der Waals surface area contributed by atoms with Gasteiger partial charge >= 0.3 is 5.97 Å². The van der Waals surface area contributed by atoms with Crippen LogP contribution in [0.25, 0.3) is 0 Å². The molecule has 0 aliphatic carbocycles. The maximum atomic E-state index is 12.4. The second-order valence-corrected chi connectivity index (χ2v) is 6.97. The number of hydrogen-bond acceptors (Lipinski definition) is 5. The summed E-state index contributed by atoms with van der Waals surface area (Å²) in [5.41, 5.74) is 3.98. The van der Waals surface area contributed by atoms with Crippen LogP contribution in [0.5, 0.6) is 0 Å². The standard InChI is InChI=1S/C20H28N4O2/c1-4-26-20(25)19-17-15-23(14-16-8-6-5-7-9-16)11-10-18(17)24(21-19)13-12-22(2)3/h5-9H,4,10-15H2,1-3H3. The highest BCUT2D eigenvalue weighted by molar-refractivity contribution is 5.89. The summed E-state index contributed by atoms with van der Waals surface area (Å²) in [6.45, 7) is 6.46. The fraction of sp³-hybridized carbons (Fsp3) is 0.500. The predicted octanol–water partition coefficient (Wildman–Crippen LogP) is 2.18. The Hall–Kier alpha value is -2.18. The van der Waals surface area contributed by atoms with E-state index in [9.17, 15) is 4.79 Å². The molecule has 0 unspecified atom stereocenters. The Balaban J connectivity index is 1.82. The lowest BCUT2D eigenvalue weighted by Gasteiger charge is -2.27. The fourth-order valence-corrected chi connectivity index (χ4v) is 3.37. The number of fused-ring (bicyclic) bond motifs is 1. The molecule has 0 saturated carbocycles. The van der Waals surface area contributed by atoms with Crippen molar-refractivity contribution in [2.45, 2.75) is 33.0 Å². The first-order chi connectivity index (χ1) is 12.6. The third kappa shape index (κ3) is 4.31. The zero-order chi connectivity index (χ0) is 18.5. The molecule has 0 radical (unpaired) electrons. The number of rotatable bonds is 7. The second kappa shape index (κ2) is 8.47. The molecule has 0 bridgehead atoms. The topological polar surface area (TPSA) is 50.6 Å². The van der Waals surface area contributed by atoms with E-state index in [1.807, 2.05) is 31.8 Å². The predicted molar refractivity (Wildman–Crippen MR) is 101 cm³/mol. The third-order valence-corrected chi connectivity index (χ3v) is 4.69. The molecular formula is C20H28N4O2. The van der Waals surface area contributed by atoms with Crippen molar-refractivity contribution in [3.63, 3.8) is 0 Å². The number of carbonyl (C=O) groups is 1. The largest absolute Gasteiger partial charge is 0.461 e. The summed E-state index contributed by atoms with van der Waals surface area (Å²) in [6.07, 6.45) is 0.905. The van der Waals surface area contributed by atoms with Crippen LogP contribution in [0.4, 0.5) is 0 Å². The van der Waals surface area contributed by atoms with Crippen LogP contribution in [0.3, 0.4) is 0 Å². The average Bonchev–Trinajstić information content (AvgIpc) is 2.99. The highest BCUT2D eigenvalue weighted by Crippen LogP contribution is 2.24. The summed E-state index contributed by atoms with van der Waals surface area (Å²) in [6, 6.07) is 10.4. The van der Waals surface area contributed by atoms with Crippen LogP contribution in [0.2, 0.25) is 0 Å². The van der Waals surface area contributed by atoms with Gasteiger partial charge in [0.2, 0.25) is 0 Å². The maximum Gasteiger partial charge on any atom is 0.359 e. The summed E-state index contributed by atoms with van der Waals surface area (Å²) < 4.78 is 7.24. The molecule has 2 heterocycles. The lowest BCUT2D eigenvalue weighted by molar-refractivity contribution is 0.0515. The molecule has 3 rings (SSSR count). The molecular weight excluding hydrogens is 328 g/mol. The van der Waals surface area contributed by atoms with E-state index in [1.54, 1.807) is 0 Å². The van der Waals surface area contributed by atoms with Gasteiger partial charge in [-0.3, -0.25) is 9.58 Å². The average molecular weight is 356 g/mol. The number of benzene rings is 1. The van der Waals surface area contributed by atoms with E-state index in [0.717, 1.165) is 44.7 Å². The molecule has 0 amide bonds. The van der Waals surface area contributed by atoms with Crippen molar-refractivity contribution in [2.24, 2.45) is 0 Å². The quantitative estimate of drug-likeness (QED) is 0.712. The Bertz CT molecular complexity index is 740. The molecule has 1 aliphatic heterocycles. The van der Waals surface area contributed by atoms with Gasteiger partial charge in [-0.15, -0.1) is 0 Å². The Kier molecular flexibility index (Phi) is 6.06. The first-order valence-electron chi connectivity index (χ1n) is 9.25. The van der Waals surface area contributed by atoms with Gasteiger partial charge in [0.05, 0.1) is 13.2 Å². The third-order valence-electron chi connectivity index (χ3n) is 4.69. The van der Waals surface area contributed by atoms with Gasteiger partial charge in [0.15, 0.2) is 5.69 Å². The lowest BCUT2D eigenvalue weighted by atomic mass is 10.0. The Morgan fingerprint density at radius 1 is 1.27 bits per heavy atom. The first-order valence-corrected chi connectivity index (χ1v) is 9.25. The van der Waals surface area contributed by atoms with Crippen molar-refractivity contribution in [2.75, 3.05) is 33.8 Å². The summed E-state index contributed by atoms with van der Waals surface area (Å²) >= 11 is 0. The van der Waals surface area contributed by atoms with Crippen molar-refractivity contribution >= 4 is 5.97 Å². The van der Waals surface area contributed by atoms with E-state index in [2.05, 4.69) is 39.2 Å². The van der Waals surface area contributed by atoms with Crippen molar-refractivity contribution in [3.8, 4) is 0 Å². The molecule has 0 fully saturated rings. The van der Waals surface area contributed by atoms with E-state index in [-0.39, 0.29) is 5.97 Å². The van der Waals surface area contributed by atoms with E-state index in [1.165, 1.54) is 11.3 Å². The second-order valence-electron chi connectivity index (χ2n) is 6.97. The number of aromatic nitrogens is 2. The smallest absolute Gasteiger partial charge is 0.359 e. The minimum Gasteiger partial charge on any atom is -0.461 e. The number of carbonyl (C=O) groups excluding carboxylic acids is 1. The molecule has 26 heavy (non-hydrogen) atoms. The zero-order valence-electron chi connectivity index (χ0n) is 15.9. The summed E-state index contributed by atoms with van der Waals surface area (Å²) in [5, 5.41) is 4.61. The highest BCUT2D eigenvalue weighted by atomic mass is 16.5. The molecule has 0 atom stereocenters. The molecule has 6 heteroatoms. The molecule has 140 valence electrons. The van der Waals surface area contributed by atoms with Crippen molar-refractivity contribution in [1.29, 1.82) is 0 Å². The van der Waals surface area contributed by atoms with Crippen LogP contribution in [0.1, 0.15) is 34.2 Å². The number of ether oxygens (including phenoxy) is 1. The van der Waals surface area contributed by atoms with Gasteiger partial charge in [0.1, 0.15) is 0 Å². The number of hydrogen-bond donors (Lipinski definition) is 0.